The molecule has 1 aromatic heterocycles. The lowest BCUT2D eigenvalue weighted by molar-refractivity contribution is -0.138. The molecule has 35 heavy (non-hydrogen) atoms. The Morgan fingerprint density at radius 2 is 1.69 bits per heavy atom. The predicted molar refractivity (Wildman–Crippen MR) is 112 cm³/mol. The van der Waals surface area contributed by atoms with Crippen molar-refractivity contribution in [3.8, 4) is 23.1 Å². The molecule has 0 spiro atoms. The Bertz CT molecular complexity index is 1240. The minimum absolute atomic E-state index is 0.191. The normalized spacial score (nSPS) is 18.3. The summed E-state index contributed by atoms with van der Waals surface area (Å²) < 4.78 is 83.5. The first kappa shape index (κ1) is 24.5. The summed E-state index contributed by atoms with van der Waals surface area (Å²) in [6.45, 7) is -0.191. The van der Waals surface area contributed by atoms with Crippen LogP contribution in [0.2, 0.25) is 0 Å². The number of ether oxygens (including phenoxy) is 1. The number of benzene rings is 2. The van der Waals surface area contributed by atoms with Crippen molar-refractivity contribution in [1.82, 2.24) is 21.4 Å². The van der Waals surface area contributed by atoms with E-state index in [0.717, 1.165) is 18.2 Å². The lowest BCUT2D eigenvalue weighted by Crippen LogP contribution is -2.32. The minimum Gasteiger partial charge on any atom is -0.489 e. The molecule has 0 aliphatic carbocycles. The molecule has 2 aromatic carbocycles. The van der Waals surface area contributed by atoms with Crippen molar-refractivity contribution >= 4 is 0 Å². The minimum atomic E-state index is -4.54. The Labute approximate surface area is 195 Å². The van der Waals surface area contributed by atoms with Gasteiger partial charge >= 0.3 is 12.4 Å². The van der Waals surface area contributed by atoms with Crippen LogP contribution in [-0.2, 0) is 19.0 Å². The monoisotopic (exact) mass is 493 g/mol. The second kappa shape index (κ2) is 9.53. The summed E-state index contributed by atoms with van der Waals surface area (Å²) in [4.78, 5) is 3.90. The lowest BCUT2D eigenvalue weighted by atomic mass is 9.97. The van der Waals surface area contributed by atoms with Crippen molar-refractivity contribution < 1.29 is 31.1 Å². The summed E-state index contributed by atoms with van der Waals surface area (Å²) in [6.07, 6.45) is -8.34. The van der Waals surface area contributed by atoms with Crippen LogP contribution < -0.4 is 21.1 Å². The molecule has 3 aromatic rings. The molecule has 182 valence electrons. The van der Waals surface area contributed by atoms with Crippen LogP contribution in [0.4, 0.5) is 26.3 Å². The predicted octanol–water partition coefficient (Wildman–Crippen LogP) is 4.91. The smallest absolute Gasteiger partial charge is 0.417 e. The molecule has 2 unspecified atom stereocenters. The fourth-order valence-electron chi connectivity index (χ4n) is 3.52. The largest absolute Gasteiger partial charge is 0.489 e. The van der Waals surface area contributed by atoms with E-state index in [1.165, 1.54) is 24.3 Å². The van der Waals surface area contributed by atoms with Gasteiger partial charge < -0.3 is 4.74 Å². The second-order valence-corrected chi connectivity index (χ2v) is 7.71. The number of aromatic nitrogens is 1. The molecule has 2 heterocycles. The van der Waals surface area contributed by atoms with E-state index in [9.17, 15) is 31.6 Å². The van der Waals surface area contributed by atoms with E-state index in [4.69, 9.17) is 4.74 Å². The molecule has 3 N–H and O–H groups in total. The summed E-state index contributed by atoms with van der Waals surface area (Å²) in [7, 11) is 0. The van der Waals surface area contributed by atoms with E-state index >= 15 is 0 Å². The van der Waals surface area contributed by atoms with Crippen molar-refractivity contribution in [3.05, 3.63) is 83.0 Å². The van der Waals surface area contributed by atoms with Gasteiger partial charge in [0.1, 0.15) is 18.4 Å². The maximum Gasteiger partial charge on any atom is 0.417 e. The topological polar surface area (TPSA) is 82.0 Å². The number of nitrogens with zero attached hydrogens (tertiary/aromatic N) is 2. The fraction of sp³-hybridized carbons (Fsp3) is 0.217. The quantitative estimate of drug-likeness (QED) is 0.439. The van der Waals surface area contributed by atoms with Crippen LogP contribution in [0.5, 0.6) is 5.75 Å². The van der Waals surface area contributed by atoms with Gasteiger partial charge in [-0.2, -0.15) is 37.1 Å². The van der Waals surface area contributed by atoms with Crippen molar-refractivity contribution in [3.63, 3.8) is 0 Å². The molecule has 6 nitrogen and oxygen atoms in total. The number of halogens is 6. The van der Waals surface area contributed by atoms with Crippen LogP contribution in [0, 0.1) is 11.3 Å². The first-order valence-electron chi connectivity index (χ1n) is 10.2. The zero-order valence-corrected chi connectivity index (χ0v) is 17.7. The summed E-state index contributed by atoms with van der Waals surface area (Å²) in [5, 5.41) is 9.37. The van der Waals surface area contributed by atoms with Crippen molar-refractivity contribution in [1.29, 1.82) is 5.26 Å². The average molecular weight is 493 g/mol. The molecule has 0 radical (unpaired) electrons. The molecular weight excluding hydrogens is 476 g/mol. The fourth-order valence-corrected chi connectivity index (χ4v) is 3.52. The van der Waals surface area contributed by atoms with Crippen LogP contribution in [0.25, 0.3) is 11.3 Å². The number of hydrogen-bond acceptors (Lipinski definition) is 6. The number of alkyl halides is 6. The first-order valence-corrected chi connectivity index (χ1v) is 10.2. The maximum atomic E-state index is 13.0. The molecule has 2 atom stereocenters. The van der Waals surface area contributed by atoms with E-state index in [0.29, 0.717) is 17.3 Å². The summed E-state index contributed by atoms with van der Waals surface area (Å²) in [5.41, 5.74) is 7.96. The van der Waals surface area contributed by atoms with Crippen molar-refractivity contribution in [2.45, 2.75) is 31.0 Å². The van der Waals surface area contributed by atoms with Crippen LogP contribution in [0.3, 0.4) is 0 Å². The van der Waals surface area contributed by atoms with Gasteiger partial charge in [0.15, 0.2) is 0 Å². The molecule has 0 bridgehead atoms. The Morgan fingerprint density at radius 1 is 0.914 bits per heavy atom. The van der Waals surface area contributed by atoms with Crippen molar-refractivity contribution in [2.24, 2.45) is 0 Å². The molecule has 4 rings (SSSR count). The molecule has 1 fully saturated rings. The van der Waals surface area contributed by atoms with Crippen LogP contribution in [-0.4, -0.2) is 11.0 Å². The average Bonchev–Trinajstić information content (AvgIpc) is 3.31. The number of rotatable bonds is 5. The number of nitrogens with one attached hydrogen (secondary N) is 3. The maximum absolute atomic E-state index is 13.0. The number of hydrazine groups is 2. The lowest BCUT2D eigenvalue weighted by Gasteiger charge is -2.17. The number of hydrogen-bond donors (Lipinski definition) is 3. The summed E-state index contributed by atoms with van der Waals surface area (Å²) in [6, 6.07) is 12.4. The van der Waals surface area contributed by atoms with Gasteiger partial charge in [0, 0.05) is 11.8 Å². The zero-order chi connectivity index (χ0) is 25.2. The van der Waals surface area contributed by atoms with Crippen LogP contribution in [0.15, 0.2) is 60.8 Å². The summed E-state index contributed by atoms with van der Waals surface area (Å²) >= 11 is 0. The molecule has 0 saturated carbocycles. The van der Waals surface area contributed by atoms with E-state index in [2.05, 4.69) is 27.4 Å². The van der Waals surface area contributed by atoms with Gasteiger partial charge in [-0.3, -0.25) is 4.98 Å². The van der Waals surface area contributed by atoms with Gasteiger partial charge in [0.05, 0.1) is 28.9 Å². The highest BCUT2D eigenvalue weighted by molar-refractivity contribution is 5.63. The Morgan fingerprint density at radius 3 is 2.34 bits per heavy atom. The van der Waals surface area contributed by atoms with Gasteiger partial charge in [0.2, 0.25) is 0 Å². The van der Waals surface area contributed by atoms with Gasteiger partial charge in [-0.1, -0.05) is 12.1 Å². The highest BCUT2D eigenvalue weighted by Gasteiger charge is 2.32. The number of nitriles is 1. The molecule has 1 aliphatic rings. The zero-order valence-electron chi connectivity index (χ0n) is 17.7. The second-order valence-electron chi connectivity index (χ2n) is 7.71. The molecule has 0 amide bonds. The third kappa shape index (κ3) is 5.71. The third-order valence-electron chi connectivity index (χ3n) is 5.26. The van der Waals surface area contributed by atoms with E-state index in [1.807, 2.05) is 0 Å². The standard InChI is InChI=1S/C23H17F6N5O/c24-22(25,26)16-3-1-2-13(6-16)12-35-18-8-14(19-5-4-17(11-31-19)23(27,28)29)7-15(9-18)21-20(10-30)32-34-33-21/h1-9,11,20-21,32-34H,12H2. The van der Waals surface area contributed by atoms with E-state index in [1.54, 1.807) is 12.1 Å². The van der Waals surface area contributed by atoms with Gasteiger partial charge in [-0.05, 0) is 53.6 Å². The molecule has 12 heteroatoms. The van der Waals surface area contributed by atoms with Crippen molar-refractivity contribution in [2.75, 3.05) is 0 Å². The third-order valence-corrected chi connectivity index (χ3v) is 5.26. The van der Waals surface area contributed by atoms with E-state index in [-0.39, 0.29) is 23.6 Å². The highest BCUT2D eigenvalue weighted by atomic mass is 19.4. The van der Waals surface area contributed by atoms with Gasteiger partial charge in [-0.15, -0.1) is 0 Å². The Balaban J connectivity index is 1.66. The van der Waals surface area contributed by atoms with Crippen LogP contribution in [0.1, 0.15) is 28.3 Å². The SMILES string of the molecule is N#CC1NNNC1c1cc(OCc2cccc(C(F)(F)F)c2)cc(-c2ccc(C(F)(F)F)cn2)c1. The molecular formula is C23H17F6N5O. The molecule has 1 saturated heterocycles. The number of pyridine rings is 1. The highest BCUT2D eigenvalue weighted by Crippen LogP contribution is 2.34. The Kier molecular flexibility index (Phi) is 6.66. The van der Waals surface area contributed by atoms with Crippen LogP contribution >= 0.6 is 0 Å². The summed E-state index contributed by atoms with van der Waals surface area (Å²) in [5.74, 6) is 0.238. The van der Waals surface area contributed by atoms with Gasteiger partial charge in [0.25, 0.3) is 0 Å². The molecule has 1 aliphatic heterocycles. The van der Waals surface area contributed by atoms with E-state index < -0.39 is 35.6 Å². The first-order chi connectivity index (χ1) is 16.5. The van der Waals surface area contributed by atoms with Gasteiger partial charge in [-0.25, -0.2) is 10.9 Å². The Hall–Kier alpha value is -3.66.